The first-order valence-corrected chi connectivity index (χ1v) is 11.0. The van der Waals surface area contributed by atoms with Gasteiger partial charge in [-0.25, -0.2) is 0 Å². The van der Waals surface area contributed by atoms with Gasteiger partial charge in [0.05, 0.1) is 0 Å². The van der Waals surface area contributed by atoms with Crippen LogP contribution in [-0.2, 0) is 20.8 Å². The van der Waals surface area contributed by atoms with Gasteiger partial charge in [0.2, 0.25) is 0 Å². The highest BCUT2D eigenvalue weighted by Crippen LogP contribution is 2.40. The zero-order chi connectivity index (χ0) is 17.1. The fraction of sp³-hybridized carbons (Fsp3) is 0.111. The minimum atomic E-state index is -4.31. The Balaban J connectivity index is 2.37. The van der Waals surface area contributed by atoms with E-state index in [1.807, 2.05) is 18.2 Å². The molecule has 0 aliphatic heterocycles. The molecule has 0 aromatic heterocycles. The first kappa shape index (κ1) is 16.3. The summed E-state index contributed by atoms with van der Waals surface area (Å²) in [4.78, 5) is -0.0388. The maximum absolute atomic E-state index is 11.9. The van der Waals surface area contributed by atoms with Crippen LogP contribution in [0.3, 0.4) is 0 Å². The van der Waals surface area contributed by atoms with Crippen molar-refractivity contribution >= 4 is 74.3 Å². The van der Waals surface area contributed by atoms with Crippen molar-refractivity contribution < 1.29 is 13.0 Å². The molecule has 0 fully saturated rings. The molecule has 122 valence electrons. The molecule has 0 aliphatic rings. The standard InChI is InChI=1S/C18H12Br2O3S/c19-8-11-2-1-10-3-4-14-12(9-20)7-16(24(21,22)23)15-6-5-13(11)17(10)18(14)15/h1-7H,8-9H2,(H,21,22,23). The predicted molar refractivity (Wildman–Crippen MR) is 105 cm³/mol. The molecule has 0 saturated heterocycles. The largest absolute Gasteiger partial charge is 0.295 e. The molecule has 0 unspecified atom stereocenters. The van der Waals surface area contributed by atoms with E-state index in [1.54, 1.807) is 12.1 Å². The van der Waals surface area contributed by atoms with E-state index >= 15 is 0 Å². The van der Waals surface area contributed by atoms with Gasteiger partial charge in [-0.05, 0) is 44.1 Å². The molecule has 0 saturated carbocycles. The first-order chi connectivity index (χ1) is 11.5. The Hall–Kier alpha value is -1.21. The second-order valence-electron chi connectivity index (χ2n) is 5.75. The van der Waals surface area contributed by atoms with E-state index in [0.717, 1.165) is 43.4 Å². The van der Waals surface area contributed by atoms with Crippen LogP contribution in [0, 0.1) is 0 Å². The van der Waals surface area contributed by atoms with Gasteiger partial charge in [-0.3, -0.25) is 4.55 Å². The van der Waals surface area contributed by atoms with Gasteiger partial charge in [-0.1, -0.05) is 68.3 Å². The van der Waals surface area contributed by atoms with Crippen molar-refractivity contribution in [1.82, 2.24) is 0 Å². The van der Waals surface area contributed by atoms with Gasteiger partial charge >= 0.3 is 0 Å². The second-order valence-corrected chi connectivity index (χ2v) is 8.26. The van der Waals surface area contributed by atoms with Gasteiger partial charge < -0.3 is 0 Å². The molecule has 4 aromatic rings. The van der Waals surface area contributed by atoms with Gasteiger partial charge in [0.1, 0.15) is 4.90 Å². The minimum absolute atomic E-state index is 0.0388. The summed E-state index contributed by atoms with van der Waals surface area (Å²) < 4.78 is 33.5. The second kappa shape index (κ2) is 5.66. The van der Waals surface area contributed by atoms with Gasteiger partial charge in [0.25, 0.3) is 10.1 Å². The van der Waals surface area contributed by atoms with Crippen molar-refractivity contribution in [1.29, 1.82) is 0 Å². The lowest BCUT2D eigenvalue weighted by Gasteiger charge is -2.16. The van der Waals surface area contributed by atoms with Gasteiger partial charge in [-0.15, -0.1) is 0 Å². The van der Waals surface area contributed by atoms with Crippen LogP contribution in [0.25, 0.3) is 32.3 Å². The monoisotopic (exact) mass is 466 g/mol. The number of hydrogen-bond donors (Lipinski definition) is 1. The van der Waals surface area contributed by atoms with E-state index in [-0.39, 0.29) is 4.90 Å². The van der Waals surface area contributed by atoms with E-state index in [0.29, 0.717) is 10.7 Å². The van der Waals surface area contributed by atoms with Crippen LogP contribution in [0.4, 0.5) is 0 Å². The van der Waals surface area contributed by atoms with Crippen molar-refractivity contribution in [3.05, 3.63) is 53.6 Å². The van der Waals surface area contributed by atoms with E-state index in [2.05, 4.69) is 44.0 Å². The maximum Gasteiger partial charge on any atom is 0.295 e. The molecule has 0 heterocycles. The third kappa shape index (κ3) is 2.28. The van der Waals surface area contributed by atoms with E-state index in [4.69, 9.17) is 0 Å². The quantitative estimate of drug-likeness (QED) is 0.241. The molecule has 0 spiro atoms. The van der Waals surface area contributed by atoms with Crippen LogP contribution < -0.4 is 0 Å². The molecule has 0 amide bonds. The average Bonchev–Trinajstić information content (AvgIpc) is 2.57. The number of hydrogen-bond acceptors (Lipinski definition) is 2. The Kier molecular flexibility index (Phi) is 3.84. The highest BCUT2D eigenvalue weighted by Gasteiger charge is 2.20. The third-order valence-electron chi connectivity index (χ3n) is 4.49. The first-order valence-electron chi connectivity index (χ1n) is 7.27. The highest BCUT2D eigenvalue weighted by molar-refractivity contribution is 9.08. The summed E-state index contributed by atoms with van der Waals surface area (Å²) in [5.74, 6) is 0. The van der Waals surface area contributed by atoms with E-state index in [1.165, 1.54) is 0 Å². The third-order valence-corrected chi connectivity index (χ3v) is 6.59. The maximum atomic E-state index is 11.9. The molecule has 6 heteroatoms. The number of benzene rings is 4. The molecule has 0 atom stereocenters. The Labute approximate surface area is 156 Å². The highest BCUT2D eigenvalue weighted by atomic mass is 79.9. The Morgan fingerprint density at radius 1 is 0.792 bits per heavy atom. The summed E-state index contributed by atoms with van der Waals surface area (Å²) in [5, 5.41) is 6.86. The lowest BCUT2D eigenvalue weighted by Crippen LogP contribution is -2.02. The van der Waals surface area contributed by atoms with Crippen molar-refractivity contribution in [2.45, 2.75) is 15.6 Å². The molecule has 4 rings (SSSR count). The van der Waals surface area contributed by atoms with Crippen LogP contribution in [-0.4, -0.2) is 13.0 Å². The van der Waals surface area contributed by atoms with E-state index in [9.17, 15) is 13.0 Å². The Morgan fingerprint density at radius 2 is 1.38 bits per heavy atom. The fourth-order valence-corrected chi connectivity index (χ4v) is 5.13. The molecule has 0 aliphatic carbocycles. The molecular weight excluding hydrogens is 456 g/mol. The number of rotatable bonds is 3. The molecule has 0 bridgehead atoms. The van der Waals surface area contributed by atoms with Crippen LogP contribution in [0.1, 0.15) is 11.1 Å². The van der Waals surface area contributed by atoms with Gasteiger partial charge in [-0.2, -0.15) is 8.42 Å². The average molecular weight is 468 g/mol. The smallest absolute Gasteiger partial charge is 0.282 e. The summed E-state index contributed by atoms with van der Waals surface area (Å²) in [5.41, 5.74) is 1.99. The topological polar surface area (TPSA) is 54.4 Å². The van der Waals surface area contributed by atoms with Crippen molar-refractivity contribution in [2.24, 2.45) is 0 Å². The normalized spacial score (nSPS) is 12.6. The number of alkyl halides is 2. The van der Waals surface area contributed by atoms with Crippen LogP contribution in [0.15, 0.2) is 47.4 Å². The van der Waals surface area contributed by atoms with Crippen molar-refractivity contribution in [3.8, 4) is 0 Å². The molecule has 4 aromatic carbocycles. The molecule has 3 nitrogen and oxygen atoms in total. The molecule has 24 heavy (non-hydrogen) atoms. The van der Waals surface area contributed by atoms with Crippen LogP contribution in [0.2, 0.25) is 0 Å². The van der Waals surface area contributed by atoms with Crippen LogP contribution >= 0.6 is 31.9 Å². The fourth-order valence-electron chi connectivity index (χ4n) is 3.44. The summed E-state index contributed by atoms with van der Waals surface area (Å²) in [6, 6.07) is 13.5. The molecular formula is C18H12Br2O3S. The SMILES string of the molecule is O=S(=O)(O)c1cc(CBr)c2ccc3ccc(CBr)c4ccc1c2c34. The Morgan fingerprint density at radius 3 is 2.04 bits per heavy atom. The summed E-state index contributed by atoms with van der Waals surface area (Å²) in [6.45, 7) is 0. The number of halogens is 2. The summed E-state index contributed by atoms with van der Waals surface area (Å²) in [7, 11) is -4.31. The van der Waals surface area contributed by atoms with Crippen molar-refractivity contribution in [2.75, 3.05) is 0 Å². The molecule has 0 radical (unpaired) electrons. The van der Waals surface area contributed by atoms with Crippen LogP contribution in [0.5, 0.6) is 0 Å². The lowest BCUT2D eigenvalue weighted by molar-refractivity contribution is 0.484. The zero-order valence-corrected chi connectivity index (χ0v) is 16.4. The summed E-state index contributed by atoms with van der Waals surface area (Å²) >= 11 is 6.95. The van der Waals surface area contributed by atoms with Crippen molar-refractivity contribution in [3.63, 3.8) is 0 Å². The summed E-state index contributed by atoms with van der Waals surface area (Å²) in [6.07, 6.45) is 0. The van der Waals surface area contributed by atoms with E-state index < -0.39 is 10.1 Å². The predicted octanol–water partition coefficient (Wildman–Crippen LogP) is 5.62. The van der Waals surface area contributed by atoms with Gasteiger partial charge in [0, 0.05) is 16.0 Å². The molecule has 1 N–H and O–H groups in total. The zero-order valence-electron chi connectivity index (χ0n) is 12.4. The van der Waals surface area contributed by atoms with Gasteiger partial charge in [0.15, 0.2) is 0 Å². The minimum Gasteiger partial charge on any atom is -0.282 e. The lowest BCUT2D eigenvalue weighted by atomic mass is 9.90. The Bertz CT molecular complexity index is 1200.